The van der Waals surface area contributed by atoms with Gasteiger partial charge in [-0.1, -0.05) is 36.4 Å². The minimum absolute atomic E-state index is 0.0461. The van der Waals surface area contributed by atoms with Crippen LogP contribution in [0.4, 0.5) is 5.69 Å². The SMILES string of the molecule is Cc1cc2c(cc1S(=O)(=O)N(C)CC(=O)N1CC=C(c3ccccc3)CC1)O[C@@H](C)C(=O)N2. The molecule has 0 fully saturated rings. The number of carbonyl (C=O) groups excluding carboxylic acids is 2. The number of hydrogen-bond acceptors (Lipinski definition) is 5. The fourth-order valence-corrected chi connectivity index (χ4v) is 5.31. The molecule has 0 radical (unpaired) electrons. The second-order valence-electron chi connectivity index (χ2n) is 8.31. The number of nitrogens with zero attached hydrogens (tertiary/aromatic N) is 2. The zero-order valence-electron chi connectivity index (χ0n) is 18.9. The lowest BCUT2D eigenvalue weighted by Gasteiger charge is -2.29. The van der Waals surface area contributed by atoms with E-state index in [1.165, 1.54) is 18.7 Å². The summed E-state index contributed by atoms with van der Waals surface area (Å²) in [5.74, 6) is -0.246. The Kier molecular flexibility index (Phi) is 6.27. The van der Waals surface area contributed by atoms with Crippen molar-refractivity contribution in [3.05, 3.63) is 59.7 Å². The monoisotopic (exact) mass is 469 g/mol. The highest BCUT2D eigenvalue weighted by Crippen LogP contribution is 2.35. The summed E-state index contributed by atoms with van der Waals surface area (Å²) in [6.07, 6.45) is 2.02. The molecule has 174 valence electrons. The van der Waals surface area contributed by atoms with Crippen molar-refractivity contribution < 1.29 is 22.7 Å². The molecule has 0 saturated carbocycles. The van der Waals surface area contributed by atoms with Gasteiger partial charge in [0.1, 0.15) is 5.75 Å². The van der Waals surface area contributed by atoms with Crippen molar-refractivity contribution in [2.75, 3.05) is 32.0 Å². The van der Waals surface area contributed by atoms with Gasteiger partial charge in [0.15, 0.2) is 6.10 Å². The maximum absolute atomic E-state index is 13.2. The molecule has 2 aliphatic heterocycles. The smallest absolute Gasteiger partial charge is 0.265 e. The fraction of sp³-hybridized carbons (Fsp3) is 0.333. The third kappa shape index (κ3) is 4.65. The number of benzene rings is 2. The van der Waals surface area contributed by atoms with Gasteiger partial charge in [-0.25, -0.2) is 8.42 Å². The Morgan fingerprint density at radius 2 is 1.97 bits per heavy atom. The molecule has 8 nitrogen and oxygen atoms in total. The number of hydrogen-bond donors (Lipinski definition) is 1. The molecule has 0 spiro atoms. The van der Waals surface area contributed by atoms with Gasteiger partial charge < -0.3 is 15.0 Å². The molecule has 1 N–H and O–H groups in total. The van der Waals surface area contributed by atoms with Crippen LogP contribution in [0.15, 0.2) is 53.4 Å². The van der Waals surface area contributed by atoms with Crippen LogP contribution in [0.1, 0.15) is 24.5 Å². The van der Waals surface area contributed by atoms with E-state index in [9.17, 15) is 18.0 Å². The van der Waals surface area contributed by atoms with E-state index in [4.69, 9.17) is 4.74 Å². The Balaban J connectivity index is 1.47. The van der Waals surface area contributed by atoms with Crippen LogP contribution < -0.4 is 10.1 Å². The van der Waals surface area contributed by atoms with Crippen molar-refractivity contribution in [2.24, 2.45) is 0 Å². The lowest BCUT2D eigenvalue weighted by atomic mass is 9.99. The van der Waals surface area contributed by atoms with Crippen LogP contribution in [0.5, 0.6) is 5.75 Å². The van der Waals surface area contributed by atoms with Crippen molar-refractivity contribution in [1.82, 2.24) is 9.21 Å². The minimum atomic E-state index is -3.94. The van der Waals surface area contributed by atoms with Crippen LogP contribution in [0.25, 0.3) is 5.57 Å². The summed E-state index contributed by atoms with van der Waals surface area (Å²) in [6.45, 7) is 3.96. The molecule has 4 rings (SSSR count). The average molecular weight is 470 g/mol. The van der Waals surface area contributed by atoms with E-state index in [1.54, 1.807) is 24.8 Å². The molecule has 1 atom stereocenters. The van der Waals surface area contributed by atoms with E-state index >= 15 is 0 Å². The Hall–Kier alpha value is -3.17. The predicted octanol–water partition coefficient (Wildman–Crippen LogP) is 2.65. The lowest BCUT2D eigenvalue weighted by molar-refractivity contribution is -0.130. The van der Waals surface area contributed by atoms with E-state index in [0.717, 1.165) is 16.3 Å². The van der Waals surface area contributed by atoms with Gasteiger partial charge in [-0.3, -0.25) is 9.59 Å². The van der Waals surface area contributed by atoms with Gasteiger partial charge in [0.2, 0.25) is 15.9 Å². The highest BCUT2D eigenvalue weighted by atomic mass is 32.2. The van der Waals surface area contributed by atoms with Gasteiger partial charge in [-0.2, -0.15) is 4.31 Å². The summed E-state index contributed by atoms with van der Waals surface area (Å²) in [5, 5.41) is 2.71. The third-order valence-electron chi connectivity index (χ3n) is 5.96. The minimum Gasteiger partial charge on any atom is -0.479 e. The highest BCUT2D eigenvalue weighted by Gasteiger charge is 2.31. The van der Waals surface area contributed by atoms with Crippen LogP contribution >= 0.6 is 0 Å². The Morgan fingerprint density at radius 3 is 2.64 bits per heavy atom. The number of aryl methyl sites for hydroxylation is 1. The van der Waals surface area contributed by atoms with E-state index in [1.807, 2.05) is 36.4 Å². The largest absolute Gasteiger partial charge is 0.479 e. The van der Waals surface area contributed by atoms with E-state index in [2.05, 4.69) is 5.32 Å². The van der Waals surface area contributed by atoms with Crippen LogP contribution in [-0.4, -0.2) is 62.2 Å². The number of nitrogens with one attached hydrogen (secondary N) is 1. The summed E-state index contributed by atoms with van der Waals surface area (Å²) < 4.78 is 33.1. The van der Waals surface area contributed by atoms with Crippen molar-refractivity contribution in [3.63, 3.8) is 0 Å². The van der Waals surface area contributed by atoms with Crippen molar-refractivity contribution in [3.8, 4) is 5.75 Å². The second-order valence-corrected chi connectivity index (χ2v) is 10.3. The zero-order valence-corrected chi connectivity index (χ0v) is 19.7. The van der Waals surface area contributed by atoms with E-state index in [0.29, 0.717) is 30.1 Å². The molecule has 2 heterocycles. The molecule has 0 aliphatic carbocycles. The Labute approximate surface area is 193 Å². The first-order valence-corrected chi connectivity index (χ1v) is 12.2. The lowest BCUT2D eigenvalue weighted by Crippen LogP contribution is -2.43. The number of likely N-dealkylation sites (N-methyl/N-ethyl adjacent to an activating group) is 1. The van der Waals surface area contributed by atoms with Gasteiger partial charge in [-0.05, 0) is 43.0 Å². The standard InChI is InChI=1S/C24H27N3O5S/c1-16-13-20-21(32-17(2)24(29)25-20)14-22(16)33(30,31)26(3)15-23(28)27-11-9-19(10-12-27)18-7-5-4-6-8-18/h4-9,13-14,17H,10-12,15H2,1-3H3,(H,25,29)/t17-/m0/s1. The summed E-state index contributed by atoms with van der Waals surface area (Å²) >= 11 is 0. The van der Waals surface area contributed by atoms with E-state index in [-0.39, 0.29) is 23.3 Å². The molecule has 2 aromatic rings. The molecule has 0 aromatic heterocycles. The molecular weight excluding hydrogens is 442 g/mol. The quantitative estimate of drug-likeness (QED) is 0.726. The van der Waals surface area contributed by atoms with Gasteiger partial charge in [0.25, 0.3) is 5.91 Å². The summed E-state index contributed by atoms with van der Waals surface area (Å²) in [6, 6.07) is 13.0. The van der Waals surface area contributed by atoms with E-state index < -0.39 is 16.1 Å². The van der Waals surface area contributed by atoms with Crippen LogP contribution in [0.2, 0.25) is 0 Å². The van der Waals surface area contributed by atoms with Gasteiger partial charge in [0.05, 0.1) is 17.1 Å². The molecule has 2 amide bonds. The van der Waals surface area contributed by atoms with Crippen molar-refractivity contribution in [2.45, 2.75) is 31.3 Å². The topological polar surface area (TPSA) is 96.0 Å². The first-order chi connectivity index (χ1) is 15.7. The average Bonchev–Trinajstić information content (AvgIpc) is 2.80. The van der Waals surface area contributed by atoms with Crippen LogP contribution in [0, 0.1) is 6.92 Å². The number of carbonyl (C=O) groups is 2. The van der Waals surface area contributed by atoms with Gasteiger partial charge in [0, 0.05) is 26.2 Å². The second kappa shape index (κ2) is 8.99. The molecule has 0 bridgehead atoms. The molecule has 2 aromatic carbocycles. The molecular formula is C24H27N3O5S. The highest BCUT2D eigenvalue weighted by molar-refractivity contribution is 7.89. The molecule has 33 heavy (non-hydrogen) atoms. The van der Waals surface area contributed by atoms with Crippen molar-refractivity contribution in [1.29, 1.82) is 0 Å². The maximum Gasteiger partial charge on any atom is 0.265 e. The number of ether oxygens (including phenoxy) is 1. The predicted molar refractivity (Wildman–Crippen MR) is 125 cm³/mol. The molecule has 0 unspecified atom stereocenters. The number of anilines is 1. The van der Waals surface area contributed by atoms with Crippen LogP contribution in [-0.2, 0) is 19.6 Å². The Bertz CT molecular complexity index is 1220. The number of rotatable bonds is 5. The van der Waals surface area contributed by atoms with Gasteiger partial charge >= 0.3 is 0 Å². The summed E-state index contributed by atoms with van der Waals surface area (Å²) in [7, 11) is -2.55. The summed E-state index contributed by atoms with van der Waals surface area (Å²) in [4.78, 5) is 26.4. The molecule has 2 aliphatic rings. The number of amides is 2. The Morgan fingerprint density at radius 1 is 1.24 bits per heavy atom. The first kappa shape index (κ1) is 23.0. The van der Waals surface area contributed by atoms with Crippen molar-refractivity contribution >= 4 is 33.1 Å². The zero-order chi connectivity index (χ0) is 23.8. The van der Waals surface area contributed by atoms with Gasteiger partial charge in [-0.15, -0.1) is 0 Å². The number of fused-ring (bicyclic) bond motifs is 1. The molecule has 9 heteroatoms. The summed E-state index contributed by atoms with van der Waals surface area (Å²) in [5.41, 5.74) is 3.22. The fourth-order valence-electron chi connectivity index (χ4n) is 3.97. The van der Waals surface area contributed by atoms with Crippen LogP contribution in [0.3, 0.4) is 0 Å². The normalized spacial score (nSPS) is 18.3. The number of sulfonamides is 1. The maximum atomic E-state index is 13.2. The first-order valence-electron chi connectivity index (χ1n) is 10.8. The third-order valence-corrected chi connectivity index (χ3v) is 7.91. The molecule has 0 saturated heterocycles.